The van der Waals surface area contributed by atoms with Crippen molar-refractivity contribution in [1.82, 2.24) is 4.98 Å². The van der Waals surface area contributed by atoms with Gasteiger partial charge < -0.3 is 9.47 Å². The van der Waals surface area contributed by atoms with Crippen LogP contribution in [0, 0.1) is 0 Å². The van der Waals surface area contributed by atoms with Crippen molar-refractivity contribution in [2.45, 2.75) is 18.9 Å². The Morgan fingerprint density at radius 2 is 2.18 bits per heavy atom. The van der Waals surface area contributed by atoms with Crippen LogP contribution in [0.3, 0.4) is 0 Å². The number of aromatic nitrogens is 1. The number of sulfonamides is 1. The van der Waals surface area contributed by atoms with Crippen LogP contribution in [0.15, 0.2) is 12.3 Å². The number of nitrogens with zero attached hydrogens (tertiary/aromatic N) is 1. The fourth-order valence-electron chi connectivity index (χ4n) is 1.27. The maximum absolute atomic E-state index is 11.2. The quantitative estimate of drug-likeness (QED) is 0.852. The highest BCUT2D eigenvalue weighted by Crippen LogP contribution is 2.33. The molecule has 0 unspecified atom stereocenters. The first-order chi connectivity index (χ1) is 7.98. The highest BCUT2D eigenvalue weighted by molar-refractivity contribution is 7.92. The molecule has 2 rings (SSSR count). The van der Waals surface area contributed by atoms with Gasteiger partial charge in [0.25, 0.3) is 0 Å². The van der Waals surface area contributed by atoms with Crippen LogP contribution in [0.25, 0.3) is 0 Å². The maximum Gasteiger partial charge on any atom is 0.229 e. The van der Waals surface area contributed by atoms with E-state index in [-0.39, 0.29) is 6.10 Å². The van der Waals surface area contributed by atoms with Gasteiger partial charge in [-0.15, -0.1) is 0 Å². The molecule has 0 radical (unpaired) electrons. The lowest BCUT2D eigenvalue weighted by atomic mass is 10.4. The third-order valence-electron chi connectivity index (χ3n) is 2.16. The molecular formula is C10H14N2O4S. The zero-order valence-electron chi connectivity index (χ0n) is 9.63. The van der Waals surface area contributed by atoms with Crippen molar-refractivity contribution in [2.75, 3.05) is 18.1 Å². The van der Waals surface area contributed by atoms with Gasteiger partial charge in [0.05, 0.1) is 25.7 Å². The molecule has 0 amide bonds. The minimum absolute atomic E-state index is 0.169. The number of methoxy groups -OCH3 is 1. The molecular weight excluding hydrogens is 244 g/mol. The summed E-state index contributed by atoms with van der Waals surface area (Å²) in [6, 6.07) is 1.58. The second kappa shape index (κ2) is 4.40. The molecule has 1 N–H and O–H groups in total. The molecule has 1 aliphatic carbocycles. The van der Waals surface area contributed by atoms with E-state index in [1.165, 1.54) is 13.3 Å². The standard InChI is InChI=1S/C10H14N2O4S/c1-15-10-5-9(16-7-3-4-7)8(6-11-10)12-17(2,13)14/h5-7,12H,3-4H2,1-2H3. The smallest absolute Gasteiger partial charge is 0.229 e. The molecule has 0 atom stereocenters. The monoisotopic (exact) mass is 258 g/mol. The van der Waals surface area contributed by atoms with Crippen molar-refractivity contribution in [3.63, 3.8) is 0 Å². The van der Waals surface area contributed by atoms with Gasteiger partial charge in [0.15, 0.2) is 5.75 Å². The largest absolute Gasteiger partial charge is 0.488 e. The van der Waals surface area contributed by atoms with Gasteiger partial charge in [0.1, 0.15) is 5.69 Å². The average molecular weight is 258 g/mol. The zero-order valence-corrected chi connectivity index (χ0v) is 10.5. The lowest BCUT2D eigenvalue weighted by Crippen LogP contribution is -2.12. The number of ether oxygens (including phenoxy) is 2. The van der Waals surface area contributed by atoms with E-state index in [1.54, 1.807) is 6.07 Å². The third kappa shape index (κ3) is 3.48. The van der Waals surface area contributed by atoms with Crippen LogP contribution in [-0.2, 0) is 10.0 Å². The van der Waals surface area contributed by atoms with Gasteiger partial charge in [-0.3, -0.25) is 4.72 Å². The first-order valence-electron chi connectivity index (χ1n) is 5.16. The third-order valence-corrected chi connectivity index (χ3v) is 2.75. The second-order valence-corrected chi connectivity index (χ2v) is 5.66. The second-order valence-electron chi connectivity index (χ2n) is 3.91. The molecule has 1 saturated carbocycles. The molecule has 1 fully saturated rings. The summed E-state index contributed by atoms with van der Waals surface area (Å²) in [6.45, 7) is 0. The molecule has 0 spiro atoms. The lowest BCUT2D eigenvalue weighted by Gasteiger charge is -2.12. The molecule has 6 nitrogen and oxygen atoms in total. The van der Waals surface area contributed by atoms with Crippen LogP contribution < -0.4 is 14.2 Å². The maximum atomic E-state index is 11.2. The molecule has 0 bridgehead atoms. The summed E-state index contributed by atoms with van der Waals surface area (Å²) in [5.74, 6) is 0.837. The van der Waals surface area contributed by atoms with Crippen molar-refractivity contribution >= 4 is 15.7 Å². The highest BCUT2D eigenvalue weighted by atomic mass is 32.2. The van der Waals surface area contributed by atoms with E-state index >= 15 is 0 Å². The van der Waals surface area contributed by atoms with E-state index in [4.69, 9.17) is 9.47 Å². The summed E-state index contributed by atoms with van der Waals surface area (Å²) >= 11 is 0. The summed E-state index contributed by atoms with van der Waals surface area (Å²) in [6.07, 6.45) is 4.61. The van der Waals surface area contributed by atoms with Crippen LogP contribution in [0.5, 0.6) is 11.6 Å². The van der Waals surface area contributed by atoms with Gasteiger partial charge in [-0.05, 0) is 12.8 Å². The van der Waals surface area contributed by atoms with Gasteiger partial charge in [0.2, 0.25) is 15.9 Å². The van der Waals surface area contributed by atoms with E-state index in [0.717, 1.165) is 19.1 Å². The first kappa shape index (κ1) is 12.0. The summed E-state index contributed by atoms with van der Waals surface area (Å²) in [5, 5.41) is 0. The van der Waals surface area contributed by atoms with E-state index < -0.39 is 10.0 Å². The van der Waals surface area contributed by atoms with Gasteiger partial charge in [-0.25, -0.2) is 13.4 Å². The van der Waals surface area contributed by atoms with E-state index in [1.807, 2.05) is 0 Å². The number of rotatable bonds is 5. The fraction of sp³-hybridized carbons (Fsp3) is 0.500. The van der Waals surface area contributed by atoms with Crippen molar-refractivity contribution in [2.24, 2.45) is 0 Å². The minimum Gasteiger partial charge on any atom is -0.488 e. The predicted molar refractivity (Wildman–Crippen MR) is 62.9 cm³/mol. The Bertz CT molecular complexity index is 511. The number of hydrogen-bond donors (Lipinski definition) is 1. The molecule has 17 heavy (non-hydrogen) atoms. The normalized spacial score (nSPS) is 15.4. The Hall–Kier alpha value is -1.50. The molecule has 1 aromatic rings. The molecule has 1 aliphatic rings. The summed E-state index contributed by atoms with van der Waals surface area (Å²) in [5.41, 5.74) is 0.334. The Balaban J connectivity index is 2.28. The van der Waals surface area contributed by atoms with Crippen LogP contribution >= 0.6 is 0 Å². The van der Waals surface area contributed by atoms with Crippen molar-refractivity contribution < 1.29 is 17.9 Å². The van der Waals surface area contributed by atoms with Crippen molar-refractivity contribution in [3.05, 3.63) is 12.3 Å². The van der Waals surface area contributed by atoms with Crippen LogP contribution in [0.4, 0.5) is 5.69 Å². The Morgan fingerprint density at radius 1 is 1.47 bits per heavy atom. The molecule has 0 aliphatic heterocycles. The van der Waals surface area contributed by atoms with Crippen LogP contribution in [0.2, 0.25) is 0 Å². The number of hydrogen-bond acceptors (Lipinski definition) is 5. The molecule has 94 valence electrons. The van der Waals surface area contributed by atoms with E-state index in [0.29, 0.717) is 17.3 Å². The highest BCUT2D eigenvalue weighted by Gasteiger charge is 2.25. The van der Waals surface area contributed by atoms with Crippen LogP contribution in [-0.4, -0.2) is 32.9 Å². The van der Waals surface area contributed by atoms with Crippen molar-refractivity contribution in [1.29, 1.82) is 0 Å². The fourth-order valence-corrected chi connectivity index (χ4v) is 1.82. The van der Waals surface area contributed by atoms with Crippen molar-refractivity contribution in [3.8, 4) is 11.6 Å². The summed E-state index contributed by atoms with van der Waals surface area (Å²) < 4.78 is 35.3. The molecule has 0 saturated heterocycles. The first-order valence-corrected chi connectivity index (χ1v) is 7.05. The lowest BCUT2D eigenvalue weighted by molar-refractivity contribution is 0.301. The average Bonchev–Trinajstić information content (AvgIpc) is 3.02. The topological polar surface area (TPSA) is 77.5 Å². The van der Waals surface area contributed by atoms with E-state index in [9.17, 15) is 8.42 Å². The summed E-state index contributed by atoms with van der Waals surface area (Å²) in [4.78, 5) is 3.94. The molecule has 1 aromatic heterocycles. The van der Waals surface area contributed by atoms with Gasteiger partial charge in [0, 0.05) is 6.07 Å². The molecule has 1 heterocycles. The Labute approximate surface area is 100 Å². The van der Waals surface area contributed by atoms with Crippen LogP contribution in [0.1, 0.15) is 12.8 Å². The van der Waals surface area contributed by atoms with E-state index in [2.05, 4.69) is 9.71 Å². The zero-order chi connectivity index (χ0) is 12.5. The Morgan fingerprint density at radius 3 is 2.71 bits per heavy atom. The van der Waals surface area contributed by atoms with Gasteiger partial charge in [-0.1, -0.05) is 0 Å². The minimum atomic E-state index is -3.35. The number of pyridine rings is 1. The summed E-state index contributed by atoms with van der Waals surface area (Å²) in [7, 11) is -1.85. The molecule has 0 aromatic carbocycles. The van der Waals surface area contributed by atoms with Gasteiger partial charge in [-0.2, -0.15) is 0 Å². The number of anilines is 1. The Kier molecular flexibility index (Phi) is 3.10. The SMILES string of the molecule is COc1cc(OC2CC2)c(NS(C)(=O)=O)cn1. The molecule has 7 heteroatoms. The number of nitrogens with one attached hydrogen (secondary N) is 1. The van der Waals surface area contributed by atoms with Gasteiger partial charge >= 0.3 is 0 Å². The predicted octanol–water partition coefficient (Wildman–Crippen LogP) is 1.00.